The molecule has 1 heterocycles. The van der Waals surface area contributed by atoms with Crippen LogP contribution in [0.4, 0.5) is 19.0 Å². The van der Waals surface area contributed by atoms with E-state index in [1.54, 1.807) is 0 Å². The molecular weight excluding hydrogens is 183 g/mol. The molecule has 1 rings (SSSR count). The summed E-state index contributed by atoms with van der Waals surface area (Å²) >= 11 is 0. The van der Waals surface area contributed by atoms with E-state index < -0.39 is 11.9 Å². The zero-order valence-electron chi connectivity index (χ0n) is 6.84. The number of rotatable bonds is 1. The maximum absolute atomic E-state index is 12.1. The van der Waals surface area contributed by atoms with Gasteiger partial charge in [-0.2, -0.15) is 13.2 Å². The molecule has 1 aromatic rings. The van der Waals surface area contributed by atoms with Gasteiger partial charge in [0.25, 0.3) is 0 Å². The molecule has 0 radical (unpaired) electrons. The van der Waals surface area contributed by atoms with Gasteiger partial charge >= 0.3 is 6.18 Å². The molecule has 0 unspecified atom stereocenters. The fourth-order valence-electron chi connectivity index (χ4n) is 0.778. The fraction of sp³-hybridized carbons (Fsp3) is 0.286. The summed E-state index contributed by atoms with van der Waals surface area (Å²) in [5.74, 6) is 5.31. The van der Waals surface area contributed by atoms with E-state index >= 15 is 0 Å². The smallest absolute Gasteiger partial charge is 0.298 e. The molecule has 0 aliphatic carbocycles. The number of pyridine rings is 1. The van der Waals surface area contributed by atoms with Crippen molar-refractivity contribution in [2.24, 2.45) is 5.84 Å². The van der Waals surface area contributed by atoms with Gasteiger partial charge in [0, 0.05) is 7.05 Å². The van der Waals surface area contributed by atoms with Crippen LogP contribution < -0.4 is 10.9 Å². The Hall–Kier alpha value is -1.30. The van der Waals surface area contributed by atoms with Crippen LogP contribution in [0.5, 0.6) is 0 Å². The van der Waals surface area contributed by atoms with Crippen LogP contribution in [0.3, 0.4) is 0 Å². The summed E-state index contributed by atoms with van der Waals surface area (Å²) in [6.07, 6.45) is -4.42. The molecule has 0 aromatic carbocycles. The largest absolute Gasteiger partial charge is 0.433 e. The first kappa shape index (κ1) is 9.79. The lowest BCUT2D eigenvalue weighted by Gasteiger charge is -2.12. The van der Waals surface area contributed by atoms with E-state index in [2.05, 4.69) is 4.98 Å². The van der Waals surface area contributed by atoms with Crippen LogP contribution in [0.1, 0.15) is 5.69 Å². The molecule has 0 aliphatic rings. The van der Waals surface area contributed by atoms with Crippen molar-refractivity contribution in [1.82, 2.24) is 4.98 Å². The zero-order chi connectivity index (χ0) is 10.1. The highest BCUT2D eigenvalue weighted by Crippen LogP contribution is 2.28. The van der Waals surface area contributed by atoms with Gasteiger partial charge in [-0.15, -0.1) is 0 Å². The van der Waals surface area contributed by atoms with Crippen LogP contribution in [0.25, 0.3) is 0 Å². The van der Waals surface area contributed by atoms with Gasteiger partial charge in [-0.3, -0.25) is 5.01 Å². The molecule has 0 fully saturated rings. The second-order valence-electron chi connectivity index (χ2n) is 2.49. The third-order valence-corrected chi connectivity index (χ3v) is 1.39. The summed E-state index contributed by atoms with van der Waals surface area (Å²) in [5, 5.41) is 1.02. The average Bonchev–Trinajstić information content (AvgIpc) is 2.03. The van der Waals surface area contributed by atoms with Gasteiger partial charge in [-0.25, -0.2) is 10.8 Å². The van der Waals surface area contributed by atoms with E-state index in [1.165, 1.54) is 19.2 Å². The molecule has 6 heteroatoms. The lowest BCUT2D eigenvalue weighted by Crippen LogP contribution is -2.26. The van der Waals surface area contributed by atoms with Gasteiger partial charge in [0.05, 0.1) is 0 Å². The maximum Gasteiger partial charge on any atom is 0.433 e. The molecule has 0 saturated heterocycles. The van der Waals surface area contributed by atoms with E-state index in [4.69, 9.17) is 5.84 Å². The summed E-state index contributed by atoms with van der Waals surface area (Å²) in [4.78, 5) is 3.32. The zero-order valence-corrected chi connectivity index (χ0v) is 6.84. The number of alkyl halides is 3. The summed E-state index contributed by atoms with van der Waals surface area (Å²) in [6.45, 7) is 0. The Kier molecular flexibility index (Phi) is 2.42. The van der Waals surface area contributed by atoms with E-state index in [9.17, 15) is 13.2 Å². The van der Waals surface area contributed by atoms with Gasteiger partial charge in [0.15, 0.2) is 0 Å². The van der Waals surface area contributed by atoms with Crippen molar-refractivity contribution in [2.75, 3.05) is 12.1 Å². The number of hydrogen-bond donors (Lipinski definition) is 1. The highest BCUT2D eigenvalue weighted by molar-refractivity contribution is 5.36. The molecule has 0 bridgehead atoms. The van der Waals surface area contributed by atoms with Crippen LogP contribution in [0, 0.1) is 0 Å². The quantitative estimate of drug-likeness (QED) is 0.539. The predicted octanol–water partition coefficient (Wildman–Crippen LogP) is 1.41. The van der Waals surface area contributed by atoms with Gasteiger partial charge in [0.1, 0.15) is 11.5 Å². The predicted molar refractivity (Wildman–Crippen MR) is 41.8 cm³/mol. The minimum absolute atomic E-state index is 0.0785. The van der Waals surface area contributed by atoms with E-state index in [-0.39, 0.29) is 5.82 Å². The summed E-state index contributed by atoms with van der Waals surface area (Å²) in [7, 11) is 1.42. The Morgan fingerprint density at radius 3 is 2.46 bits per heavy atom. The van der Waals surface area contributed by atoms with Gasteiger partial charge < -0.3 is 0 Å². The van der Waals surface area contributed by atoms with Crippen LogP contribution in [-0.4, -0.2) is 12.0 Å². The van der Waals surface area contributed by atoms with E-state index in [1.807, 2.05) is 0 Å². The standard InChI is InChI=1S/C7H8F3N3/c1-13(11)6-4-2-3-5(12-6)7(8,9)10/h2-4H,11H2,1H3. The van der Waals surface area contributed by atoms with Gasteiger partial charge in [0.2, 0.25) is 0 Å². The minimum Gasteiger partial charge on any atom is -0.298 e. The topological polar surface area (TPSA) is 42.1 Å². The monoisotopic (exact) mass is 191 g/mol. The normalized spacial score (nSPS) is 11.5. The fourth-order valence-corrected chi connectivity index (χ4v) is 0.778. The second kappa shape index (κ2) is 3.21. The van der Waals surface area contributed by atoms with Crippen molar-refractivity contribution in [3.63, 3.8) is 0 Å². The van der Waals surface area contributed by atoms with Crippen LogP contribution in [-0.2, 0) is 6.18 Å². The number of nitrogens with two attached hydrogens (primary N) is 1. The van der Waals surface area contributed by atoms with Crippen LogP contribution in [0.2, 0.25) is 0 Å². The van der Waals surface area contributed by atoms with E-state index in [0.29, 0.717) is 0 Å². The van der Waals surface area contributed by atoms with E-state index in [0.717, 1.165) is 11.1 Å². The summed E-state index contributed by atoms with van der Waals surface area (Å²) in [6, 6.07) is 3.55. The molecule has 0 spiro atoms. The molecule has 0 atom stereocenters. The average molecular weight is 191 g/mol. The molecule has 1 aromatic heterocycles. The van der Waals surface area contributed by atoms with Crippen molar-refractivity contribution < 1.29 is 13.2 Å². The maximum atomic E-state index is 12.1. The first-order chi connectivity index (χ1) is 5.91. The Bertz CT molecular complexity index is 295. The molecular formula is C7H8F3N3. The number of halogens is 3. The highest BCUT2D eigenvalue weighted by Gasteiger charge is 2.32. The Morgan fingerprint density at radius 1 is 1.38 bits per heavy atom. The second-order valence-corrected chi connectivity index (χ2v) is 2.49. The third-order valence-electron chi connectivity index (χ3n) is 1.39. The van der Waals surface area contributed by atoms with Crippen molar-refractivity contribution >= 4 is 5.82 Å². The lowest BCUT2D eigenvalue weighted by molar-refractivity contribution is -0.141. The van der Waals surface area contributed by atoms with Gasteiger partial charge in [-0.1, -0.05) is 6.07 Å². The minimum atomic E-state index is -4.42. The Morgan fingerprint density at radius 2 is 2.00 bits per heavy atom. The van der Waals surface area contributed by atoms with Crippen LogP contribution >= 0.6 is 0 Å². The number of hydrazine groups is 1. The first-order valence-electron chi connectivity index (χ1n) is 3.44. The van der Waals surface area contributed by atoms with Crippen LogP contribution in [0.15, 0.2) is 18.2 Å². The summed E-state index contributed by atoms with van der Waals surface area (Å²) < 4.78 is 36.3. The van der Waals surface area contributed by atoms with Gasteiger partial charge in [-0.05, 0) is 12.1 Å². The lowest BCUT2D eigenvalue weighted by atomic mass is 10.3. The number of hydrogen-bond acceptors (Lipinski definition) is 3. The Balaban J connectivity index is 3.06. The van der Waals surface area contributed by atoms with Crippen molar-refractivity contribution in [3.8, 4) is 0 Å². The highest BCUT2D eigenvalue weighted by atomic mass is 19.4. The number of aromatic nitrogens is 1. The van der Waals surface area contributed by atoms with Crippen molar-refractivity contribution in [3.05, 3.63) is 23.9 Å². The van der Waals surface area contributed by atoms with Crippen molar-refractivity contribution in [2.45, 2.75) is 6.18 Å². The summed E-state index contributed by atoms with van der Waals surface area (Å²) in [5.41, 5.74) is -0.942. The molecule has 2 N–H and O–H groups in total. The third kappa shape index (κ3) is 2.32. The molecule has 3 nitrogen and oxygen atoms in total. The number of anilines is 1. The molecule has 0 amide bonds. The molecule has 13 heavy (non-hydrogen) atoms. The molecule has 72 valence electrons. The SMILES string of the molecule is CN(N)c1cccc(C(F)(F)F)n1. The molecule has 0 aliphatic heterocycles. The van der Waals surface area contributed by atoms with Crippen molar-refractivity contribution in [1.29, 1.82) is 0 Å². The number of nitrogens with zero attached hydrogens (tertiary/aromatic N) is 2. The molecule has 0 saturated carbocycles. The first-order valence-corrected chi connectivity index (χ1v) is 3.44. The Labute approximate surface area is 72.9 Å².